The van der Waals surface area contributed by atoms with Crippen molar-refractivity contribution in [2.45, 2.75) is 149 Å². The summed E-state index contributed by atoms with van der Waals surface area (Å²) in [6.07, 6.45) is -7.56. The van der Waals surface area contributed by atoms with Gasteiger partial charge in [0.1, 0.15) is 42.0 Å². The van der Waals surface area contributed by atoms with Gasteiger partial charge in [-0.1, -0.05) is 67.5 Å². The number of hydrogen-bond donors (Lipinski definition) is 13. The number of aliphatic carboxylic acids is 3. The number of primary amides is 1. The number of nitrogens with zero attached hydrogens (tertiary/aromatic N) is 1. The Kier molecular flexibility index (Phi) is 28.9. The smallest absolute Gasteiger partial charge is 0.490 e. The molecule has 76 heavy (non-hydrogen) atoms. The van der Waals surface area contributed by atoms with Crippen LogP contribution in [0.4, 0.5) is 26.3 Å². The van der Waals surface area contributed by atoms with Gasteiger partial charge in [-0.15, -0.1) is 0 Å². The molecule has 0 fully saturated rings. The number of aromatic hydroxyl groups is 1. The monoisotopic (exact) mass is 1100 g/mol. The average Bonchev–Trinajstić information content (AvgIpc) is 3.80. The molecule has 2 rings (SSSR count). The fraction of sp³-hybridized carbons (Fsp3) is 0.587. The van der Waals surface area contributed by atoms with E-state index in [-0.39, 0.29) is 49.7 Å². The largest absolute Gasteiger partial charge is 0.508 e. The number of rotatable bonds is 26. The zero-order valence-electron chi connectivity index (χ0n) is 42.8. The number of amides is 7. The van der Waals surface area contributed by atoms with Crippen LogP contribution in [-0.4, -0.2) is 144 Å². The predicted molar refractivity (Wildman–Crippen MR) is 256 cm³/mol. The lowest BCUT2D eigenvalue weighted by Gasteiger charge is -2.30. The molecule has 0 aliphatic rings. The molecule has 15 N–H and O–H groups in total. The lowest BCUT2D eigenvalue weighted by molar-refractivity contribution is -0.193. The van der Waals surface area contributed by atoms with E-state index in [1.165, 1.54) is 24.7 Å². The van der Waals surface area contributed by atoms with E-state index in [2.05, 4.69) is 41.9 Å². The van der Waals surface area contributed by atoms with E-state index in [1.807, 2.05) is 27.7 Å². The Hall–Kier alpha value is -7.53. The molecule has 1 aromatic heterocycles. The molecule has 1 heterocycles. The fourth-order valence-electron chi connectivity index (χ4n) is 6.42. The molecule has 0 unspecified atom stereocenters. The molecule has 7 amide bonds. The number of alkyl halides is 6. The SMILES string of the molecule is CC(C)C[C@H](NC(=O)[C@H](Cc1ccc(O)cc1)NC(=O)[C@@H](NC(=O)[C@@H](NC(=O)[C@H](CCC(N)=O)NC(=O)[C@@H](N)CC(C)C)C(C)C)C(C)C)C(=O)N[C@@H](Cc1cnc[nH]1)C(=O)O.O=C(O)C(F)(F)F.O=C(O)C(F)(F)F. The number of carboxylic acid groups (broad SMARTS) is 3. The molecule has 0 aliphatic heterocycles. The van der Waals surface area contributed by atoms with Crippen molar-refractivity contribution >= 4 is 59.3 Å². The van der Waals surface area contributed by atoms with Crippen LogP contribution < -0.4 is 43.4 Å². The first-order valence-electron chi connectivity index (χ1n) is 23.3. The third kappa shape index (κ3) is 27.1. The first-order chi connectivity index (χ1) is 34.9. The van der Waals surface area contributed by atoms with Crippen molar-refractivity contribution in [3.8, 4) is 5.75 Å². The Morgan fingerprint density at radius 2 is 0.987 bits per heavy atom. The number of imidazole rings is 1. The second-order valence-electron chi connectivity index (χ2n) is 18.7. The van der Waals surface area contributed by atoms with Crippen LogP contribution in [0, 0.1) is 23.7 Å². The number of halogens is 6. The van der Waals surface area contributed by atoms with Crippen LogP contribution in [0.1, 0.15) is 92.3 Å². The minimum Gasteiger partial charge on any atom is -0.508 e. The van der Waals surface area contributed by atoms with Gasteiger partial charge in [-0.25, -0.2) is 19.4 Å². The first kappa shape index (κ1) is 68.5. The third-order valence-electron chi connectivity index (χ3n) is 10.3. The molecular weight excluding hydrogens is 1030 g/mol. The number of nitrogens with one attached hydrogen (secondary N) is 7. The second kappa shape index (κ2) is 32.0. The van der Waals surface area contributed by atoms with Gasteiger partial charge in [0.25, 0.3) is 0 Å². The Labute approximate surface area is 432 Å². The highest BCUT2D eigenvalue weighted by atomic mass is 19.4. The molecule has 2 aromatic rings. The van der Waals surface area contributed by atoms with Crippen LogP contribution in [0.2, 0.25) is 0 Å². The van der Waals surface area contributed by atoms with E-state index >= 15 is 0 Å². The molecule has 0 spiro atoms. The van der Waals surface area contributed by atoms with Crippen molar-refractivity contribution in [3.63, 3.8) is 0 Å². The lowest BCUT2D eigenvalue weighted by atomic mass is 9.97. The van der Waals surface area contributed by atoms with Gasteiger partial charge in [-0.2, -0.15) is 26.3 Å². The van der Waals surface area contributed by atoms with E-state index in [0.29, 0.717) is 17.7 Å². The number of phenolic OH excluding ortho intramolecular Hbond substituents is 1. The summed E-state index contributed by atoms with van der Waals surface area (Å²) in [5.74, 6) is -13.2. The Morgan fingerprint density at radius 3 is 1.39 bits per heavy atom. The van der Waals surface area contributed by atoms with Crippen LogP contribution in [0.3, 0.4) is 0 Å². The number of aromatic nitrogens is 2. The summed E-state index contributed by atoms with van der Waals surface area (Å²) in [4.78, 5) is 130. The molecule has 0 saturated carbocycles. The summed E-state index contributed by atoms with van der Waals surface area (Å²) in [7, 11) is 0. The maximum atomic E-state index is 14.1. The van der Waals surface area contributed by atoms with E-state index in [0.717, 1.165) is 0 Å². The van der Waals surface area contributed by atoms with Crippen molar-refractivity contribution in [1.29, 1.82) is 0 Å². The molecule has 0 aliphatic carbocycles. The van der Waals surface area contributed by atoms with Crippen LogP contribution in [0.25, 0.3) is 0 Å². The Morgan fingerprint density at radius 1 is 0.579 bits per heavy atom. The zero-order chi connectivity index (χ0) is 59.0. The van der Waals surface area contributed by atoms with E-state index in [4.69, 9.17) is 31.3 Å². The summed E-state index contributed by atoms with van der Waals surface area (Å²) in [5.41, 5.74) is 12.3. The highest BCUT2D eigenvalue weighted by Gasteiger charge is 2.39. The summed E-state index contributed by atoms with van der Waals surface area (Å²) in [6, 6.07) is -2.73. The van der Waals surface area contributed by atoms with Gasteiger partial charge < -0.3 is 68.8 Å². The summed E-state index contributed by atoms with van der Waals surface area (Å²) < 4.78 is 63.5. The molecule has 30 heteroatoms. The number of aromatic amines is 1. The van der Waals surface area contributed by atoms with E-state index in [1.54, 1.807) is 39.8 Å². The predicted octanol–water partition coefficient (Wildman–Crippen LogP) is 1.16. The minimum absolute atomic E-state index is 0.0405. The number of H-pyrrole nitrogens is 1. The zero-order valence-corrected chi connectivity index (χ0v) is 42.8. The van der Waals surface area contributed by atoms with Gasteiger partial charge in [0.05, 0.1) is 12.4 Å². The average molecular weight is 1100 g/mol. The number of benzene rings is 1. The molecule has 0 bridgehead atoms. The van der Waals surface area contributed by atoms with Crippen LogP contribution in [0.15, 0.2) is 36.8 Å². The summed E-state index contributed by atoms with van der Waals surface area (Å²) >= 11 is 0. The first-order valence-corrected chi connectivity index (χ1v) is 23.3. The summed E-state index contributed by atoms with van der Waals surface area (Å²) in [6.45, 7) is 14.0. The highest BCUT2D eigenvalue weighted by Crippen LogP contribution is 2.16. The minimum atomic E-state index is -5.08. The van der Waals surface area contributed by atoms with Gasteiger partial charge in [0.2, 0.25) is 41.4 Å². The number of carboxylic acids is 3. The van der Waals surface area contributed by atoms with E-state index in [9.17, 15) is 74.9 Å². The molecule has 0 saturated heterocycles. The molecule has 24 nitrogen and oxygen atoms in total. The van der Waals surface area contributed by atoms with Crippen molar-refractivity contribution in [2.75, 3.05) is 0 Å². The van der Waals surface area contributed by atoms with Gasteiger partial charge in [0, 0.05) is 31.2 Å². The molecule has 7 atom stereocenters. The molecule has 428 valence electrons. The quantitative estimate of drug-likeness (QED) is 0.0588. The van der Waals surface area contributed by atoms with Crippen LogP contribution >= 0.6 is 0 Å². The Balaban J connectivity index is 0.00000351. The number of carbonyl (C=O) groups excluding carboxylic acids is 7. The molecular formula is C46H68F6N10O14. The van der Waals surface area contributed by atoms with Gasteiger partial charge in [0.15, 0.2) is 0 Å². The number of carbonyl (C=O) groups is 10. The standard InChI is InChI=1S/C42H66N10O10.2C2HF3O2/c1-21(2)15-28(43)36(55)47-29(13-14-33(44)54)37(56)51-35(24(7)8)41(60)52-34(23(5)6)40(59)49-31(17-25-9-11-27(53)12-10-25)39(58)48-30(16-22(3)4)38(57)50-32(42(61)62)18-26-19-45-20-46-26;2*3-2(4,5)1(6)7/h9-12,19-24,28-32,34-35,53H,13-18,43H2,1-8H3,(H2,44,54)(H,45,46)(H,47,55)(H,48,58)(H,49,59)(H,50,57)(H,51,56)(H,52,60)(H,61,62);2*(H,6,7)/t28-,29-,30-,31-,32-,34-,35-;;/m0../s1. The second-order valence-corrected chi connectivity index (χ2v) is 18.7. The number of phenols is 1. The van der Waals surface area contributed by atoms with E-state index < -0.39 is 126 Å². The summed E-state index contributed by atoms with van der Waals surface area (Å²) in [5, 5.41) is 49.7. The van der Waals surface area contributed by atoms with Crippen molar-refractivity contribution < 1.29 is 94.7 Å². The lowest BCUT2D eigenvalue weighted by Crippen LogP contribution is -2.61. The van der Waals surface area contributed by atoms with Crippen molar-refractivity contribution in [1.82, 2.24) is 41.9 Å². The maximum absolute atomic E-state index is 14.1. The maximum Gasteiger partial charge on any atom is 0.490 e. The van der Waals surface area contributed by atoms with Gasteiger partial charge in [-0.05, 0) is 60.6 Å². The van der Waals surface area contributed by atoms with Gasteiger partial charge in [-0.3, -0.25) is 33.6 Å². The fourth-order valence-corrected chi connectivity index (χ4v) is 6.42. The van der Waals surface area contributed by atoms with Crippen LogP contribution in [0.5, 0.6) is 5.75 Å². The molecule has 1 aromatic carbocycles. The van der Waals surface area contributed by atoms with Gasteiger partial charge >= 0.3 is 30.3 Å². The third-order valence-corrected chi connectivity index (χ3v) is 10.3. The normalized spacial score (nSPS) is 14.1. The van der Waals surface area contributed by atoms with Crippen molar-refractivity contribution in [3.05, 3.63) is 48.0 Å². The number of nitrogens with two attached hydrogens (primary N) is 2. The molecule has 0 radical (unpaired) electrons. The Bertz CT molecular complexity index is 2220. The van der Waals surface area contributed by atoms with Crippen LogP contribution in [-0.2, 0) is 60.8 Å². The number of hydrogen-bond acceptors (Lipinski definition) is 13. The topological polar surface area (TPSA) is 405 Å². The van der Waals surface area contributed by atoms with Crippen molar-refractivity contribution in [2.24, 2.45) is 35.1 Å². The highest BCUT2D eigenvalue weighted by molar-refractivity contribution is 5.97.